The Balaban J connectivity index is 2.45. The summed E-state index contributed by atoms with van der Waals surface area (Å²) in [6, 6.07) is 0.109. The highest BCUT2D eigenvalue weighted by Crippen LogP contribution is 2.17. The lowest BCUT2D eigenvalue weighted by Crippen LogP contribution is -2.45. The third-order valence-corrected chi connectivity index (χ3v) is 3.81. The summed E-state index contributed by atoms with van der Waals surface area (Å²) < 4.78 is 22.1. The van der Waals surface area contributed by atoms with E-state index in [1.807, 2.05) is 13.8 Å². The summed E-state index contributed by atoms with van der Waals surface area (Å²) in [4.78, 5) is 25.0. The van der Waals surface area contributed by atoms with E-state index in [0.717, 1.165) is 6.26 Å². The molecule has 1 heterocycles. The molecule has 1 aliphatic heterocycles. The number of sulfone groups is 1. The Hall–Kier alpha value is -1.11. The molecule has 19 heavy (non-hydrogen) atoms. The Morgan fingerprint density at radius 1 is 1.26 bits per heavy atom. The number of likely N-dealkylation sites (tertiary alicyclic amines) is 1. The molecule has 0 saturated carbocycles. The lowest BCUT2D eigenvalue weighted by Gasteiger charge is -2.31. The van der Waals surface area contributed by atoms with Gasteiger partial charge in [-0.2, -0.15) is 0 Å². The molecule has 1 fully saturated rings. The van der Waals surface area contributed by atoms with Crippen molar-refractivity contribution in [2.75, 3.05) is 25.1 Å². The van der Waals surface area contributed by atoms with Gasteiger partial charge in [-0.15, -0.1) is 0 Å². The summed E-state index contributed by atoms with van der Waals surface area (Å²) in [6.45, 7) is 4.71. The van der Waals surface area contributed by atoms with E-state index in [4.69, 9.17) is 0 Å². The van der Waals surface area contributed by atoms with E-state index in [2.05, 4.69) is 5.32 Å². The van der Waals surface area contributed by atoms with Crippen LogP contribution in [0.5, 0.6) is 0 Å². The summed E-state index contributed by atoms with van der Waals surface area (Å²) in [5.41, 5.74) is 0. The molecule has 0 aliphatic carbocycles. The molecule has 6 nitrogen and oxygen atoms in total. The van der Waals surface area contributed by atoms with Gasteiger partial charge in [-0.3, -0.25) is 9.59 Å². The van der Waals surface area contributed by atoms with Gasteiger partial charge in [0.2, 0.25) is 11.8 Å². The van der Waals surface area contributed by atoms with E-state index < -0.39 is 15.6 Å². The van der Waals surface area contributed by atoms with Crippen LogP contribution in [0.15, 0.2) is 0 Å². The largest absolute Gasteiger partial charge is 0.354 e. The van der Waals surface area contributed by atoms with E-state index >= 15 is 0 Å². The minimum absolute atomic E-state index is 0.0187. The molecule has 110 valence electrons. The molecule has 0 atom stereocenters. The van der Waals surface area contributed by atoms with Crippen LogP contribution in [0.2, 0.25) is 0 Å². The van der Waals surface area contributed by atoms with Crippen LogP contribution in [0.4, 0.5) is 0 Å². The first-order chi connectivity index (χ1) is 8.69. The first kappa shape index (κ1) is 15.9. The van der Waals surface area contributed by atoms with Crippen LogP contribution in [0, 0.1) is 5.92 Å². The fraction of sp³-hybridized carbons (Fsp3) is 0.833. The summed E-state index contributed by atoms with van der Waals surface area (Å²) in [6.07, 6.45) is 2.23. The normalized spacial score (nSPS) is 17.6. The van der Waals surface area contributed by atoms with Gasteiger partial charge >= 0.3 is 0 Å². The lowest BCUT2D eigenvalue weighted by molar-refractivity contribution is -0.133. The summed E-state index contributed by atoms with van der Waals surface area (Å²) in [5, 5.41) is 2.86. The molecular formula is C12H22N2O4S. The van der Waals surface area contributed by atoms with E-state index in [-0.39, 0.29) is 23.8 Å². The van der Waals surface area contributed by atoms with Crippen LogP contribution in [0.1, 0.15) is 26.7 Å². The third kappa shape index (κ3) is 5.59. The second-order valence-corrected chi connectivity index (χ2v) is 7.53. The number of nitrogens with zero attached hydrogens (tertiary/aromatic N) is 1. The fourth-order valence-electron chi connectivity index (χ4n) is 2.11. The maximum atomic E-state index is 11.8. The van der Waals surface area contributed by atoms with Crippen molar-refractivity contribution in [3.8, 4) is 0 Å². The zero-order chi connectivity index (χ0) is 14.6. The van der Waals surface area contributed by atoms with Crippen LogP contribution in [0.25, 0.3) is 0 Å². The van der Waals surface area contributed by atoms with Crippen molar-refractivity contribution >= 4 is 21.7 Å². The Bertz CT molecular complexity index is 437. The number of nitrogens with one attached hydrogen (secondary N) is 1. The van der Waals surface area contributed by atoms with Gasteiger partial charge in [0.25, 0.3) is 0 Å². The van der Waals surface area contributed by atoms with Crippen molar-refractivity contribution in [1.82, 2.24) is 10.2 Å². The highest BCUT2D eigenvalue weighted by Gasteiger charge is 2.28. The molecule has 0 aromatic carbocycles. The third-order valence-electron chi connectivity index (χ3n) is 3.04. The molecule has 0 aromatic rings. The van der Waals surface area contributed by atoms with Gasteiger partial charge in [-0.25, -0.2) is 8.42 Å². The van der Waals surface area contributed by atoms with Crippen molar-refractivity contribution in [3.05, 3.63) is 0 Å². The molecule has 1 N–H and O–H groups in total. The van der Waals surface area contributed by atoms with Crippen LogP contribution < -0.4 is 5.32 Å². The maximum Gasteiger partial charge on any atom is 0.237 e. The Kier molecular flexibility index (Phi) is 5.34. The molecule has 0 bridgehead atoms. The number of hydrogen-bond donors (Lipinski definition) is 1. The number of piperidine rings is 1. The predicted octanol–water partition coefficient (Wildman–Crippen LogP) is -0.206. The van der Waals surface area contributed by atoms with Crippen molar-refractivity contribution in [3.63, 3.8) is 0 Å². The van der Waals surface area contributed by atoms with Crippen LogP contribution in [0.3, 0.4) is 0 Å². The van der Waals surface area contributed by atoms with E-state index in [1.165, 1.54) is 4.90 Å². The summed E-state index contributed by atoms with van der Waals surface area (Å²) in [7, 11) is -3.29. The Morgan fingerprint density at radius 3 is 2.21 bits per heavy atom. The van der Waals surface area contributed by atoms with Gasteiger partial charge in [0, 0.05) is 31.3 Å². The monoisotopic (exact) mass is 290 g/mol. The van der Waals surface area contributed by atoms with Crippen LogP contribution >= 0.6 is 0 Å². The molecule has 0 radical (unpaired) electrons. The molecule has 1 rings (SSSR count). The number of rotatable bonds is 4. The number of carbonyl (C=O) groups excluding carboxylic acids is 2. The minimum atomic E-state index is -3.29. The fourth-order valence-corrected chi connectivity index (χ4v) is 2.74. The first-order valence-electron chi connectivity index (χ1n) is 6.45. The molecule has 0 spiro atoms. The van der Waals surface area contributed by atoms with Crippen molar-refractivity contribution in [2.24, 2.45) is 5.92 Å². The smallest absolute Gasteiger partial charge is 0.237 e. The zero-order valence-corrected chi connectivity index (χ0v) is 12.5. The SMILES string of the molecule is CC(C)NC(=O)C1CCN(C(=O)CS(C)(=O)=O)CC1. The Morgan fingerprint density at radius 2 is 1.79 bits per heavy atom. The highest BCUT2D eigenvalue weighted by molar-refractivity contribution is 7.91. The maximum absolute atomic E-state index is 11.8. The Labute approximate surface area is 114 Å². The highest BCUT2D eigenvalue weighted by atomic mass is 32.2. The lowest BCUT2D eigenvalue weighted by atomic mass is 9.95. The van der Waals surface area contributed by atoms with Crippen molar-refractivity contribution in [2.45, 2.75) is 32.7 Å². The van der Waals surface area contributed by atoms with Crippen LogP contribution in [-0.4, -0.2) is 56.3 Å². The quantitative estimate of drug-likeness (QED) is 0.777. The first-order valence-corrected chi connectivity index (χ1v) is 8.51. The van der Waals surface area contributed by atoms with Crippen LogP contribution in [-0.2, 0) is 19.4 Å². The van der Waals surface area contributed by atoms with Gasteiger partial charge in [0.05, 0.1) is 0 Å². The van der Waals surface area contributed by atoms with Crippen molar-refractivity contribution in [1.29, 1.82) is 0 Å². The zero-order valence-electron chi connectivity index (χ0n) is 11.7. The van der Waals surface area contributed by atoms with E-state index in [1.54, 1.807) is 0 Å². The average Bonchev–Trinajstić information content (AvgIpc) is 2.26. The molecule has 1 saturated heterocycles. The number of hydrogen-bond acceptors (Lipinski definition) is 4. The molecule has 2 amide bonds. The second-order valence-electron chi connectivity index (χ2n) is 5.39. The van der Waals surface area contributed by atoms with Gasteiger partial charge in [-0.05, 0) is 26.7 Å². The van der Waals surface area contributed by atoms with Gasteiger partial charge in [0.15, 0.2) is 9.84 Å². The standard InChI is InChI=1S/C12H22N2O4S/c1-9(2)13-12(16)10-4-6-14(7-5-10)11(15)8-19(3,17)18/h9-10H,4-8H2,1-3H3,(H,13,16). The predicted molar refractivity (Wildman–Crippen MR) is 72.3 cm³/mol. The molecule has 0 unspecified atom stereocenters. The molecule has 1 aliphatic rings. The second kappa shape index (κ2) is 6.36. The molecule has 7 heteroatoms. The van der Waals surface area contributed by atoms with E-state index in [0.29, 0.717) is 25.9 Å². The molecule has 0 aromatic heterocycles. The topological polar surface area (TPSA) is 83.6 Å². The van der Waals surface area contributed by atoms with Gasteiger partial charge in [-0.1, -0.05) is 0 Å². The van der Waals surface area contributed by atoms with Crippen molar-refractivity contribution < 1.29 is 18.0 Å². The van der Waals surface area contributed by atoms with Gasteiger partial charge in [0.1, 0.15) is 5.75 Å². The van der Waals surface area contributed by atoms with Gasteiger partial charge < -0.3 is 10.2 Å². The number of amides is 2. The number of carbonyl (C=O) groups is 2. The van der Waals surface area contributed by atoms with E-state index in [9.17, 15) is 18.0 Å². The summed E-state index contributed by atoms with van der Waals surface area (Å²) in [5.74, 6) is -0.879. The summed E-state index contributed by atoms with van der Waals surface area (Å²) >= 11 is 0. The average molecular weight is 290 g/mol. The molecular weight excluding hydrogens is 268 g/mol. The minimum Gasteiger partial charge on any atom is -0.354 e.